The summed E-state index contributed by atoms with van der Waals surface area (Å²) in [6.07, 6.45) is 7.70. The van der Waals surface area contributed by atoms with Crippen LogP contribution in [0.15, 0.2) is 45.7 Å². The summed E-state index contributed by atoms with van der Waals surface area (Å²) in [5.74, 6) is 1.22. The van der Waals surface area contributed by atoms with E-state index in [1.165, 1.54) is 35.9 Å². The normalized spacial score (nSPS) is 18.7. The lowest BCUT2D eigenvalue weighted by Crippen LogP contribution is -2.41. The number of hydrogen-bond donors (Lipinski definition) is 1. The van der Waals surface area contributed by atoms with E-state index in [0.29, 0.717) is 38.2 Å². The summed E-state index contributed by atoms with van der Waals surface area (Å²) in [6.45, 7) is 0.610. The van der Waals surface area contributed by atoms with Crippen molar-refractivity contribution in [3.63, 3.8) is 0 Å². The second-order valence-electron chi connectivity index (χ2n) is 7.76. The first-order valence-corrected chi connectivity index (χ1v) is 12.0. The highest BCUT2D eigenvalue weighted by atomic mass is 35.5. The Balaban J connectivity index is 1.38. The van der Waals surface area contributed by atoms with Crippen LogP contribution in [-0.2, 0) is 9.59 Å². The van der Waals surface area contributed by atoms with Crippen molar-refractivity contribution in [2.24, 2.45) is 5.92 Å². The molecule has 0 spiro atoms. The van der Waals surface area contributed by atoms with Crippen molar-refractivity contribution >= 4 is 57.8 Å². The first-order valence-electron chi connectivity index (χ1n) is 10.4. The van der Waals surface area contributed by atoms with E-state index in [-0.39, 0.29) is 18.4 Å². The van der Waals surface area contributed by atoms with Crippen LogP contribution in [0.5, 0.6) is 0 Å². The zero-order chi connectivity index (χ0) is 21.8. The Morgan fingerprint density at radius 2 is 2.00 bits per heavy atom. The van der Waals surface area contributed by atoms with Gasteiger partial charge in [0.25, 0.3) is 5.91 Å². The monoisotopic (exact) mass is 474 g/mol. The molecule has 1 aliphatic heterocycles. The van der Waals surface area contributed by atoms with Crippen LogP contribution < -0.4 is 5.32 Å². The largest absolute Gasteiger partial charge is 0.457 e. The van der Waals surface area contributed by atoms with Crippen molar-refractivity contribution in [3.8, 4) is 11.3 Å². The van der Waals surface area contributed by atoms with Gasteiger partial charge in [-0.15, -0.1) is 0 Å². The molecule has 5 nitrogen and oxygen atoms in total. The average molecular weight is 475 g/mol. The predicted molar refractivity (Wildman–Crippen MR) is 129 cm³/mol. The van der Waals surface area contributed by atoms with Crippen molar-refractivity contribution in [2.75, 3.05) is 13.1 Å². The number of nitrogens with zero attached hydrogens (tertiary/aromatic N) is 1. The zero-order valence-electron chi connectivity index (χ0n) is 16.9. The van der Waals surface area contributed by atoms with Gasteiger partial charge in [0.05, 0.1) is 9.93 Å². The van der Waals surface area contributed by atoms with Gasteiger partial charge in [-0.25, -0.2) is 0 Å². The molecule has 2 aromatic rings. The summed E-state index contributed by atoms with van der Waals surface area (Å²) in [6, 6.07) is 11.0. The summed E-state index contributed by atoms with van der Waals surface area (Å²) >= 11 is 12.7. The number of benzene rings is 1. The van der Waals surface area contributed by atoms with Crippen LogP contribution in [0.2, 0.25) is 5.02 Å². The first kappa shape index (κ1) is 22.1. The number of halogens is 1. The van der Waals surface area contributed by atoms with Gasteiger partial charge in [0.2, 0.25) is 5.91 Å². The van der Waals surface area contributed by atoms with Crippen LogP contribution in [0.4, 0.5) is 0 Å². The van der Waals surface area contributed by atoms with E-state index in [1.807, 2.05) is 24.3 Å². The van der Waals surface area contributed by atoms with Gasteiger partial charge in [-0.2, -0.15) is 0 Å². The zero-order valence-corrected chi connectivity index (χ0v) is 19.3. The van der Waals surface area contributed by atoms with Gasteiger partial charge in [-0.1, -0.05) is 67.0 Å². The number of carbonyl (C=O) groups is 2. The highest BCUT2D eigenvalue weighted by Crippen LogP contribution is 2.34. The highest BCUT2D eigenvalue weighted by molar-refractivity contribution is 8.26. The summed E-state index contributed by atoms with van der Waals surface area (Å²) in [4.78, 5) is 26.9. The van der Waals surface area contributed by atoms with Crippen LogP contribution in [0.25, 0.3) is 17.4 Å². The van der Waals surface area contributed by atoms with Gasteiger partial charge >= 0.3 is 0 Å². The number of amides is 2. The number of furan rings is 1. The van der Waals surface area contributed by atoms with Crippen LogP contribution in [-0.4, -0.2) is 34.1 Å². The summed E-state index contributed by atoms with van der Waals surface area (Å²) in [7, 11) is 0. The fourth-order valence-electron chi connectivity index (χ4n) is 3.85. The lowest BCUT2D eigenvalue weighted by atomic mass is 9.89. The molecule has 0 bridgehead atoms. The molecule has 2 fully saturated rings. The van der Waals surface area contributed by atoms with Gasteiger partial charge in [0, 0.05) is 18.2 Å². The molecule has 1 N–H and O–H groups in total. The maximum absolute atomic E-state index is 12.8. The van der Waals surface area contributed by atoms with E-state index in [2.05, 4.69) is 5.32 Å². The van der Waals surface area contributed by atoms with Crippen LogP contribution in [0.1, 0.15) is 37.9 Å². The Kier molecular flexibility index (Phi) is 7.15. The molecule has 31 heavy (non-hydrogen) atoms. The van der Waals surface area contributed by atoms with E-state index in [0.717, 1.165) is 18.4 Å². The topological polar surface area (TPSA) is 62.6 Å². The average Bonchev–Trinajstić information content (AvgIpc) is 3.33. The SMILES string of the molecule is O=C(CN1C(=O)/C(=C/c2ccc(-c3ccccc3Cl)o2)SC1=S)NCC1CCCCC1. The van der Waals surface area contributed by atoms with Crippen LogP contribution in [0, 0.1) is 5.92 Å². The van der Waals surface area contributed by atoms with Gasteiger partial charge in [0.15, 0.2) is 0 Å². The molecule has 0 radical (unpaired) electrons. The molecule has 1 saturated heterocycles. The van der Waals surface area contributed by atoms with E-state index in [9.17, 15) is 9.59 Å². The summed E-state index contributed by atoms with van der Waals surface area (Å²) in [5.41, 5.74) is 0.783. The standard InChI is InChI=1S/C23H23ClN2O3S2/c24-18-9-5-4-8-17(18)19-11-10-16(29-19)12-20-22(28)26(23(30)31-20)14-21(27)25-13-15-6-2-1-3-7-15/h4-5,8-12,15H,1-3,6-7,13-14H2,(H,25,27)/b20-12-. The molecule has 1 aromatic heterocycles. The molecular weight excluding hydrogens is 452 g/mol. The molecule has 2 aliphatic rings. The maximum Gasteiger partial charge on any atom is 0.266 e. The minimum absolute atomic E-state index is 0.0578. The molecule has 1 saturated carbocycles. The van der Waals surface area contributed by atoms with E-state index in [4.69, 9.17) is 28.2 Å². The Morgan fingerprint density at radius 3 is 2.77 bits per heavy atom. The number of hydrogen-bond acceptors (Lipinski definition) is 5. The molecule has 4 rings (SSSR count). The van der Waals surface area contributed by atoms with E-state index < -0.39 is 0 Å². The van der Waals surface area contributed by atoms with Crippen molar-refractivity contribution in [3.05, 3.63) is 52.1 Å². The van der Waals surface area contributed by atoms with Gasteiger partial charge in [0.1, 0.15) is 22.4 Å². The van der Waals surface area contributed by atoms with E-state index >= 15 is 0 Å². The molecule has 162 valence electrons. The number of carbonyl (C=O) groups excluding carboxylic acids is 2. The molecule has 2 heterocycles. The highest BCUT2D eigenvalue weighted by Gasteiger charge is 2.33. The molecule has 0 unspecified atom stereocenters. The Bertz CT molecular complexity index is 1030. The quantitative estimate of drug-likeness (QED) is 0.442. The van der Waals surface area contributed by atoms with Crippen molar-refractivity contribution in [2.45, 2.75) is 32.1 Å². The smallest absolute Gasteiger partial charge is 0.266 e. The third-order valence-electron chi connectivity index (χ3n) is 5.53. The van der Waals surface area contributed by atoms with Crippen LogP contribution in [0.3, 0.4) is 0 Å². The summed E-state index contributed by atoms with van der Waals surface area (Å²) < 4.78 is 6.23. The molecule has 1 aromatic carbocycles. The Morgan fingerprint density at radius 1 is 1.23 bits per heavy atom. The minimum Gasteiger partial charge on any atom is -0.457 e. The first-order chi connectivity index (χ1) is 15.0. The van der Waals surface area contributed by atoms with Crippen molar-refractivity contribution in [1.82, 2.24) is 10.2 Å². The molecule has 0 atom stereocenters. The van der Waals surface area contributed by atoms with Crippen molar-refractivity contribution < 1.29 is 14.0 Å². The second-order valence-corrected chi connectivity index (χ2v) is 9.84. The van der Waals surface area contributed by atoms with Crippen molar-refractivity contribution in [1.29, 1.82) is 0 Å². The fraction of sp³-hybridized carbons (Fsp3) is 0.348. The van der Waals surface area contributed by atoms with Gasteiger partial charge in [-0.3, -0.25) is 14.5 Å². The number of nitrogens with one attached hydrogen (secondary N) is 1. The van der Waals surface area contributed by atoms with E-state index in [1.54, 1.807) is 18.2 Å². The Hall–Kier alpha value is -2.09. The van der Waals surface area contributed by atoms with Gasteiger partial charge < -0.3 is 9.73 Å². The lowest BCUT2D eigenvalue weighted by Gasteiger charge is -2.22. The van der Waals surface area contributed by atoms with Crippen LogP contribution >= 0.6 is 35.6 Å². The molecule has 1 aliphatic carbocycles. The minimum atomic E-state index is -0.279. The third-order valence-corrected chi connectivity index (χ3v) is 7.23. The van der Waals surface area contributed by atoms with Gasteiger partial charge in [-0.05, 0) is 43.0 Å². The molecule has 8 heteroatoms. The Labute approximate surface area is 196 Å². The lowest BCUT2D eigenvalue weighted by molar-refractivity contribution is -0.128. The fourth-order valence-corrected chi connectivity index (χ4v) is 5.31. The number of rotatable bonds is 6. The molecular formula is C23H23ClN2O3S2. The predicted octanol–water partition coefficient (Wildman–Crippen LogP) is 5.50. The summed E-state index contributed by atoms with van der Waals surface area (Å²) in [5, 5.41) is 3.55. The third kappa shape index (κ3) is 5.40. The molecule has 2 amide bonds. The number of thioether (sulfide) groups is 1. The number of thiocarbonyl (C=S) groups is 1. The second kappa shape index (κ2) is 10.0. The maximum atomic E-state index is 12.8.